The second kappa shape index (κ2) is 5.21. The summed E-state index contributed by atoms with van der Waals surface area (Å²) < 4.78 is 0. The highest BCUT2D eigenvalue weighted by molar-refractivity contribution is 7.09. The fourth-order valence-corrected chi connectivity index (χ4v) is 2.39. The maximum Gasteiger partial charge on any atom is 0.0978 e. The van der Waals surface area contributed by atoms with Crippen LogP contribution in [0, 0.1) is 0 Å². The van der Waals surface area contributed by atoms with Gasteiger partial charge in [-0.15, -0.1) is 11.3 Å². The lowest BCUT2D eigenvalue weighted by Gasteiger charge is -2.20. The Balaban J connectivity index is 2.23. The second-order valence-corrected chi connectivity index (χ2v) is 4.52. The van der Waals surface area contributed by atoms with Crippen molar-refractivity contribution in [1.29, 1.82) is 0 Å². The van der Waals surface area contributed by atoms with Crippen LogP contribution in [0.15, 0.2) is 42.0 Å². The summed E-state index contributed by atoms with van der Waals surface area (Å²) in [5.41, 5.74) is 8.52. The lowest BCUT2D eigenvalue weighted by Crippen LogP contribution is -2.19. The maximum atomic E-state index is 10.2. The van der Waals surface area contributed by atoms with Gasteiger partial charge in [0.1, 0.15) is 0 Å². The standard InChI is InChI=1S/C12H14N2OS/c13-6-10(9-4-2-1-3-5-9)12(15)11-7-14-8-16-11/h1-5,7-8,10,12,15H,6,13H2. The van der Waals surface area contributed by atoms with E-state index >= 15 is 0 Å². The van der Waals surface area contributed by atoms with Crippen molar-refractivity contribution in [3.63, 3.8) is 0 Å². The van der Waals surface area contributed by atoms with E-state index in [9.17, 15) is 5.11 Å². The number of hydrogen-bond acceptors (Lipinski definition) is 4. The van der Waals surface area contributed by atoms with Gasteiger partial charge in [-0.1, -0.05) is 30.3 Å². The number of aliphatic hydroxyl groups is 1. The van der Waals surface area contributed by atoms with Crippen LogP contribution in [0.3, 0.4) is 0 Å². The van der Waals surface area contributed by atoms with E-state index in [1.54, 1.807) is 11.7 Å². The third-order valence-corrected chi connectivity index (χ3v) is 3.45. The van der Waals surface area contributed by atoms with E-state index in [1.165, 1.54) is 11.3 Å². The van der Waals surface area contributed by atoms with Gasteiger partial charge in [-0.05, 0) is 5.56 Å². The van der Waals surface area contributed by atoms with Crippen LogP contribution >= 0.6 is 11.3 Å². The van der Waals surface area contributed by atoms with Crippen molar-refractivity contribution in [2.75, 3.05) is 6.54 Å². The van der Waals surface area contributed by atoms with Crippen molar-refractivity contribution in [3.05, 3.63) is 52.5 Å². The highest BCUT2D eigenvalue weighted by atomic mass is 32.1. The molecule has 0 spiro atoms. The van der Waals surface area contributed by atoms with Gasteiger partial charge in [0.2, 0.25) is 0 Å². The van der Waals surface area contributed by atoms with Crippen LogP contribution in [0.25, 0.3) is 0 Å². The van der Waals surface area contributed by atoms with Crippen molar-refractivity contribution in [2.24, 2.45) is 5.73 Å². The summed E-state index contributed by atoms with van der Waals surface area (Å²) in [5, 5.41) is 10.2. The van der Waals surface area contributed by atoms with Crippen molar-refractivity contribution in [3.8, 4) is 0 Å². The van der Waals surface area contributed by atoms with E-state index in [0.717, 1.165) is 10.4 Å². The van der Waals surface area contributed by atoms with Gasteiger partial charge in [-0.3, -0.25) is 4.98 Å². The average molecular weight is 234 g/mol. The summed E-state index contributed by atoms with van der Waals surface area (Å²) >= 11 is 1.45. The van der Waals surface area contributed by atoms with Gasteiger partial charge in [-0.2, -0.15) is 0 Å². The second-order valence-electron chi connectivity index (χ2n) is 3.60. The van der Waals surface area contributed by atoms with Crippen LogP contribution in [-0.2, 0) is 0 Å². The van der Waals surface area contributed by atoms with Gasteiger partial charge >= 0.3 is 0 Å². The minimum atomic E-state index is -0.570. The van der Waals surface area contributed by atoms with Gasteiger partial charge in [0.15, 0.2) is 0 Å². The lowest BCUT2D eigenvalue weighted by atomic mass is 9.93. The average Bonchev–Trinajstić information content (AvgIpc) is 2.85. The topological polar surface area (TPSA) is 59.1 Å². The van der Waals surface area contributed by atoms with Crippen LogP contribution in [0.4, 0.5) is 0 Å². The van der Waals surface area contributed by atoms with E-state index in [4.69, 9.17) is 5.73 Å². The number of thiazole rings is 1. The summed E-state index contributed by atoms with van der Waals surface area (Å²) in [6.45, 7) is 0.420. The molecule has 2 unspecified atom stereocenters. The highest BCUT2D eigenvalue weighted by Crippen LogP contribution is 2.31. The molecule has 2 aromatic rings. The van der Waals surface area contributed by atoms with Crippen LogP contribution in [0.2, 0.25) is 0 Å². The van der Waals surface area contributed by atoms with Gasteiger partial charge in [-0.25, -0.2) is 0 Å². The molecule has 16 heavy (non-hydrogen) atoms. The molecular weight excluding hydrogens is 220 g/mol. The van der Waals surface area contributed by atoms with Crippen molar-refractivity contribution in [1.82, 2.24) is 4.98 Å². The Labute approximate surface area is 98.6 Å². The Kier molecular flexibility index (Phi) is 3.66. The van der Waals surface area contributed by atoms with Crippen LogP contribution in [-0.4, -0.2) is 16.6 Å². The first-order valence-corrected chi connectivity index (χ1v) is 6.02. The SMILES string of the molecule is NCC(c1ccccc1)C(O)c1cncs1. The van der Waals surface area contributed by atoms with Gasteiger partial charge in [0.25, 0.3) is 0 Å². The molecule has 0 aliphatic carbocycles. The largest absolute Gasteiger partial charge is 0.387 e. The summed E-state index contributed by atoms with van der Waals surface area (Å²) in [7, 11) is 0. The van der Waals surface area contributed by atoms with Gasteiger partial charge in [0, 0.05) is 18.7 Å². The fraction of sp³-hybridized carbons (Fsp3) is 0.250. The van der Waals surface area contributed by atoms with Gasteiger partial charge < -0.3 is 10.8 Å². The molecule has 1 aromatic heterocycles. The van der Waals surface area contributed by atoms with Crippen LogP contribution in [0.5, 0.6) is 0 Å². The zero-order valence-corrected chi connectivity index (χ0v) is 9.60. The summed E-state index contributed by atoms with van der Waals surface area (Å²) in [6, 6.07) is 9.84. The number of nitrogens with two attached hydrogens (primary N) is 1. The first-order valence-electron chi connectivity index (χ1n) is 5.14. The Morgan fingerprint density at radius 1 is 1.31 bits per heavy atom. The predicted octanol–water partition coefficient (Wildman–Crippen LogP) is 1.92. The Morgan fingerprint density at radius 2 is 2.06 bits per heavy atom. The lowest BCUT2D eigenvalue weighted by molar-refractivity contribution is 0.151. The first-order chi connectivity index (χ1) is 7.83. The Bertz CT molecular complexity index is 416. The molecule has 0 saturated heterocycles. The first kappa shape index (κ1) is 11.3. The molecule has 1 heterocycles. The summed E-state index contributed by atoms with van der Waals surface area (Å²) in [6.07, 6.45) is 1.13. The van der Waals surface area contributed by atoms with Crippen molar-refractivity contribution >= 4 is 11.3 Å². The van der Waals surface area contributed by atoms with E-state index < -0.39 is 6.10 Å². The molecule has 0 bridgehead atoms. The molecule has 0 saturated carbocycles. The number of rotatable bonds is 4. The number of nitrogens with zero attached hydrogens (tertiary/aromatic N) is 1. The molecule has 0 aliphatic rings. The molecule has 2 atom stereocenters. The monoisotopic (exact) mass is 234 g/mol. The van der Waals surface area contributed by atoms with Crippen LogP contribution in [0.1, 0.15) is 22.5 Å². The molecule has 0 fully saturated rings. The number of aromatic nitrogens is 1. The number of hydrogen-bond donors (Lipinski definition) is 2. The van der Waals surface area contributed by atoms with Crippen molar-refractivity contribution < 1.29 is 5.11 Å². The zero-order valence-electron chi connectivity index (χ0n) is 8.78. The third-order valence-electron chi connectivity index (χ3n) is 2.61. The molecule has 3 nitrogen and oxygen atoms in total. The molecule has 0 aliphatic heterocycles. The Hall–Kier alpha value is -1.23. The molecule has 0 amide bonds. The van der Waals surface area contributed by atoms with E-state index in [2.05, 4.69) is 4.98 Å². The van der Waals surface area contributed by atoms with E-state index in [1.807, 2.05) is 30.3 Å². The number of aliphatic hydroxyl groups excluding tert-OH is 1. The minimum absolute atomic E-state index is 0.0679. The third kappa shape index (κ3) is 2.29. The Morgan fingerprint density at radius 3 is 2.62 bits per heavy atom. The zero-order chi connectivity index (χ0) is 11.4. The molecule has 1 aromatic carbocycles. The summed E-state index contributed by atoms with van der Waals surface area (Å²) in [5.74, 6) is -0.0679. The van der Waals surface area contributed by atoms with Crippen molar-refractivity contribution in [2.45, 2.75) is 12.0 Å². The fourth-order valence-electron chi connectivity index (χ4n) is 1.72. The molecule has 4 heteroatoms. The highest BCUT2D eigenvalue weighted by Gasteiger charge is 2.22. The summed E-state index contributed by atoms with van der Waals surface area (Å²) in [4.78, 5) is 4.83. The predicted molar refractivity (Wildman–Crippen MR) is 65.3 cm³/mol. The molecule has 0 radical (unpaired) electrons. The minimum Gasteiger partial charge on any atom is -0.387 e. The van der Waals surface area contributed by atoms with Crippen LogP contribution < -0.4 is 5.73 Å². The van der Waals surface area contributed by atoms with Gasteiger partial charge in [0.05, 0.1) is 16.5 Å². The molecule has 3 N–H and O–H groups in total. The van der Waals surface area contributed by atoms with E-state index in [-0.39, 0.29) is 5.92 Å². The number of benzene rings is 1. The van der Waals surface area contributed by atoms with E-state index in [0.29, 0.717) is 6.54 Å². The molecular formula is C12H14N2OS. The normalized spacial score (nSPS) is 14.6. The smallest absolute Gasteiger partial charge is 0.0978 e. The molecule has 84 valence electrons. The maximum absolute atomic E-state index is 10.2. The quantitative estimate of drug-likeness (QED) is 0.849. The molecule has 2 rings (SSSR count).